The van der Waals surface area contributed by atoms with Crippen molar-refractivity contribution >= 4 is 75.3 Å². The van der Waals surface area contributed by atoms with Gasteiger partial charge in [0, 0.05) is 73.2 Å². The van der Waals surface area contributed by atoms with Crippen molar-refractivity contribution in [3.8, 4) is 11.8 Å². The number of rotatable bonds is 13. The lowest BCUT2D eigenvalue weighted by atomic mass is 10.0. The molecule has 0 saturated carbocycles. The Morgan fingerprint density at radius 1 is 1.07 bits per heavy atom. The molecule has 60 heavy (non-hydrogen) atoms. The van der Waals surface area contributed by atoms with E-state index in [9.17, 15) is 41.1 Å². The van der Waals surface area contributed by atoms with Gasteiger partial charge in [-0.1, -0.05) is 11.6 Å². The van der Waals surface area contributed by atoms with E-state index in [1.165, 1.54) is 43.0 Å². The van der Waals surface area contributed by atoms with Crippen LogP contribution in [0.1, 0.15) is 43.5 Å². The fourth-order valence-electron chi connectivity index (χ4n) is 7.15. The van der Waals surface area contributed by atoms with Crippen LogP contribution in [0.2, 0.25) is 5.02 Å². The molecule has 3 aliphatic rings. The molecule has 3 aromatic rings. The number of halogens is 6. The maximum absolute atomic E-state index is 13.8. The minimum absolute atomic E-state index is 0.107. The molecule has 3 fully saturated rings. The van der Waals surface area contributed by atoms with Crippen LogP contribution in [-0.2, 0) is 31.8 Å². The highest BCUT2D eigenvalue weighted by Crippen LogP contribution is 2.40. The van der Waals surface area contributed by atoms with E-state index in [1.807, 2.05) is 4.90 Å². The molecule has 3 N–H and O–H groups in total. The molecule has 0 radical (unpaired) electrons. The van der Waals surface area contributed by atoms with Crippen LogP contribution in [-0.4, -0.2) is 107 Å². The van der Waals surface area contributed by atoms with Crippen LogP contribution in [0, 0.1) is 11.3 Å². The number of nitrogens with zero attached hydrogens (tertiary/aromatic N) is 6. The molecular formula is C39H39ClF5N9O5S. The van der Waals surface area contributed by atoms with Crippen molar-refractivity contribution in [2.75, 3.05) is 66.3 Å². The maximum Gasteiger partial charge on any atom is 0.419 e. The number of pyridine rings is 1. The van der Waals surface area contributed by atoms with Gasteiger partial charge in [0.2, 0.25) is 24.1 Å². The summed E-state index contributed by atoms with van der Waals surface area (Å²) >= 11 is 11.8. The lowest BCUT2D eigenvalue weighted by Crippen LogP contribution is -2.49. The standard InChI is InChI=1S/C39H39ClF5N9O5S/c1-38(2)36(58)53(27-18-28(39(43,44)45)30(19-46)47-20-27)37(60)54(38)26-3-5-31(22(13-26)14-32(41)42)59-12-11-51-7-9-52(10-8-51)21-34(56)49-25-16-23(40)15-24(17-25)48-29-4-6-33(55)50-35(29)57/h3,5,13,15-18,20,29,32,48H,4,6-12,14,21H2,1-2H3,(H,49,56)(H,50,55,57). The van der Waals surface area contributed by atoms with Crippen LogP contribution in [0.3, 0.4) is 0 Å². The molecule has 4 heterocycles. The lowest BCUT2D eigenvalue weighted by molar-refractivity contribution is -0.138. The summed E-state index contributed by atoms with van der Waals surface area (Å²) in [5.41, 5.74) is -2.66. The highest BCUT2D eigenvalue weighted by atomic mass is 35.5. The number of benzene rings is 2. The normalized spacial score (nSPS) is 18.8. The van der Waals surface area contributed by atoms with Gasteiger partial charge in [0.1, 0.15) is 30.0 Å². The Balaban J connectivity index is 1.03. The molecule has 3 saturated heterocycles. The zero-order chi connectivity index (χ0) is 43.5. The second-order valence-electron chi connectivity index (χ2n) is 14.8. The third kappa shape index (κ3) is 10.1. The van der Waals surface area contributed by atoms with E-state index in [0.29, 0.717) is 61.6 Å². The van der Waals surface area contributed by atoms with Crippen LogP contribution in [0.15, 0.2) is 48.7 Å². The van der Waals surface area contributed by atoms with Gasteiger partial charge in [-0.2, -0.15) is 18.4 Å². The predicted molar refractivity (Wildman–Crippen MR) is 215 cm³/mol. The number of anilines is 4. The Morgan fingerprint density at radius 3 is 2.43 bits per heavy atom. The number of alkyl halides is 5. The van der Waals surface area contributed by atoms with E-state index in [-0.39, 0.29) is 59.2 Å². The number of hydrogen-bond donors (Lipinski definition) is 3. The Hall–Kier alpha value is -5.49. The van der Waals surface area contributed by atoms with Crippen molar-refractivity contribution in [3.63, 3.8) is 0 Å². The molecule has 1 atom stereocenters. The van der Waals surface area contributed by atoms with E-state index in [0.717, 1.165) is 11.1 Å². The number of nitriles is 1. The molecule has 14 nitrogen and oxygen atoms in total. The summed E-state index contributed by atoms with van der Waals surface area (Å²) in [5, 5.41) is 17.4. The summed E-state index contributed by atoms with van der Waals surface area (Å²) in [6, 6.07) is 10.7. The largest absolute Gasteiger partial charge is 0.492 e. The van der Waals surface area contributed by atoms with E-state index in [1.54, 1.807) is 18.2 Å². The number of imide groups is 1. The summed E-state index contributed by atoms with van der Waals surface area (Å²) < 4.78 is 74.8. The lowest BCUT2D eigenvalue weighted by Gasteiger charge is -2.34. The third-order valence-electron chi connectivity index (χ3n) is 10.1. The van der Waals surface area contributed by atoms with Crippen LogP contribution in [0.25, 0.3) is 0 Å². The maximum atomic E-state index is 13.8. The monoisotopic (exact) mass is 875 g/mol. The van der Waals surface area contributed by atoms with Gasteiger partial charge in [-0.25, -0.2) is 13.8 Å². The van der Waals surface area contributed by atoms with Crippen molar-refractivity contribution in [2.45, 2.75) is 57.3 Å². The smallest absolute Gasteiger partial charge is 0.419 e. The second-order valence-corrected chi connectivity index (χ2v) is 15.6. The van der Waals surface area contributed by atoms with E-state index >= 15 is 0 Å². The highest BCUT2D eigenvalue weighted by molar-refractivity contribution is 7.81. The summed E-state index contributed by atoms with van der Waals surface area (Å²) in [6.45, 7) is 6.02. The number of nitrogens with one attached hydrogen (secondary N) is 3. The fraction of sp³-hybridized carbons (Fsp3) is 0.410. The average molecular weight is 876 g/mol. The van der Waals surface area contributed by atoms with Crippen molar-refractivity contribution in [1.29, 1.82) is 5.26 Å². The molecule has 1 aromatic heterocycles. The molecule has 2 aromatic carbocycles. The molecular weight excluding hydrogens is 837 g/mol. The first-order valence-electron chi connectivity index (χ1n) is 18.7. The van der Waals surface area contributed by atoms with E-state index in [2.05, 4.69) is 25.8 Å². The number of thiocarbonyl (C=S) groups is 1. The topological polar surface area (TPSA) is 163 Å². The van der Waals surface area contributed by atoms with Gasteiger partial charge in [0.25, 0.3) is 5.91 Å². The summed E-state index contributed by atoms with van der Waals surface area (Å²) in [6.07, 6.45) is -6.91. The molecule has 0 aliphatic carbocycles. The van der Waals surface area contributed by atoms with Crippen LogP contribution in [0.4, 0.5) is 44.7 Å². The molecule has 4 amide bonds. The Labute approximate surface area is 351 Å². The number of ether oxygens (including phenoxy) is 1. The predicted octanol–water partition coefficient (Wildman–Crippen LogP) is 5.20. The number of aromatic nitrogens is 1. The minimum atomic E-state index is -4.94. The number of piperazine rings is 1. The van der Waals surface area contributed by atoms with Gasteiger partial charge in [-0.3, -0.25) is 39.2 Å². The summed E-state index contributed by atoms with van der Waals surface area (Å²) in [7, 11) is 0. The highest BCUT2D eigenvalue weighted by Gasteiger charge is 2.51. The van der Waals surface area contributed by atoms with Crippen molar-refractivity contribution in [3.05, 3.63) is 70.5 Å². The average Bonchev–Trinajstić information content (AvgIpc) is 3.34. The Bertz CT molecular complexity index is 2230. The number of carbonyl (C=O) groups is 4. The van der Waals surface area contributed by atoms with Crippen LogP contribution >= 0.6 is 23.8 Å². The SMILES string of the molecule is CC1(C)C(=O)N(c2cnc(C#N)c(C(F)(F)F)c2)C(=S)N1c1ccc(OCCN2CCN(CC(=O)Nc3cc(Cl)cc(NC4CCC(=O)NC4=O)c3)CC2)c(CC(F)F)c1. The van der Waals surface area contributed by atoms with Crippen molar-refractivity contribution in [1.82, 2.24) is 20.1 Å². The van der Waals surface area contributed by atoms with E-state index in [4.69, 9.17) is 33.8 Å². The second kappa shape index (κ2) is 18.0. The quantitative estimate of drug-likeness (QED) is 0.117. The number of amides is 4. The minimum Gasteiger partial charge on any atom is -0.492 e. The zero-order valence-corrected chi connectivity index (χ0v) is 33.8. The first-order chi connectivity index (χ1) is 28.3. The van der Waals surface area contributed by atoms with Crippen molar-refractivity contribution < 1.29 is 45.9 Å². The number of hydrogen-bond acceptors (Lipinski definition) is 11. The molecule has 0 spiro atoms. The summed E-state index contributed by atoms with van der Waals surface area (Å²) in [4.78, 5) is 60.1. The number of piperidine rings is 1. The van der Waals surface area contributed by atoms with E-state index < -0.39 is 53.7 Å². The Morgan fingerprint density at radius 2 is 1.77 bits per heavy atom. The number of carbonyl (C=O) groups excluding carboxylic acids is 4. The van der Waals surface area contributed by atoms with Crippen LogP contribution < -0.4 is 30.5 Å². The van der Waals surface area contributed by atoms with Crippen molar-refractivity contribution in [2.24, 2.45) is 0 Å². The molecule has 21 heteroatoms. The molecule has 6 rings (SSSR count). The van der Waals surface area contributed by atoms with Gasteiger partial charge < -0.3 is 20.3 Å². The molecule has 318 valence electrons. The van der Waals surface area contributed by atoms with Gasteiger partial charge >= 0.3 is 6.18 Å². The molecule has 0 bridgehead atoms. The first-order valence-corrected chi connectivity index (χ1v) is 19.5. The van der Waals surface area contributed by atoms with Gasteiger partial charge in [-0.05, 0) is 75.0 Å². The Kier molecular flexibility index (Phi) is 13.2. The summed E-state index contributed by atoms with van der Waals surface area (Å²) in [5.74, 6) is -1.55. The fourth-order valence-corrected chi connectivity index (χ4v) is 7.90. The molecule has 1 unspecified atom stereocenters. The van der Waals surface area contributed by atoms with Gasteiger partial charge in [0.15, 0.2) is 10.8 Å². The van der Waals surface area contributed by atoms with Gasteiger partial charge in [0.05, 0.1) is 24.0 Å². The first kappa shape index (κ1) is 44.1. The third-order valence-corrected chi connectivity index (χ3v) is 10.7. The van der Waals surface area contributed by atoms with Gasteiger partial charge in [-0.15, -0.1) is 0 Å². The zero-order valence-electron chi connectivity index (χ0n) is 32.2. The van der Waals surface area contributed by atoms with Crippen LogP contribution in [0.5, 0.6) is 5.75 Å². The molecule has 3 aliphatic heterocycles.